The molecule has 1 aliphatic rings. The molecule has 0 amide bonds. The molecule has 2 heterocycles. The van der Waals surface area contributed by atoms with Gasteiger partial charge in [-0.25, -0.2) is 4.98 Å². The average Bonchev–Trinajstić information content (AvgIpc) is 3.18. The van der Waals surface area contributed by atoms with Gasteiger partial charge in [0.2, 0.25) is 0 Å². The van der Waals surface area contributed by atoms with E-state index in [0.29, 0.717) is 12.0 Å². The average molecular weight is 414 g/mol. The highest BCUT2D eigenvalue weighted by Gasteiger charge is 2.35. The number of pyridine rings is 1. The number of benzene rings is 1. The summed E-state index contributed by atoms with van der Waals surface area (Å²) >= 11 is 0. The smallest absolute Gasteiger partial charge is 0.437 e. The molecule has 0 aliphatic carbocycles. The molecule has 9 heteroatoms. The van der Waals surface area contributed by atoms with Crippen molar-refractivity contribution in [1.82, 2.24) is 9.88 Å². The van der Waals surface area contributed by atoms with Gasteiger partial charge in [0, 0.05) is 6.20 Å². The first-order valence-corrected chi connectivity index (χ1v) is 8.94. The summed E-state index contributed by atoms with van der Waals surface area (Å²) in [6.45, 7) is 2.73. The van der Waals surface area contributed by atoms with Gasteiger partial charge in [-0.1, -0.05) is 12.1 Å². The van der Waals surface area contributed by atoms with Crippen molar-refractivity contribution in [3.8, 4) is 11.5 Å². The molecule has 1 aromatic heterocycles. The zero-order chi connectivity index (χ0) is 21.7. The van der Waals surface area contributed by atoms with E-state index in [2.05, 4.69) is 16.9 Å². The van der Waals surface area contributed by atoms with Gasteiger partial charge in [-0.2, -0.15) is 13.2 Å². The molecule has 160 valence electrons. The maximum atomic E-state index is 11.8. The maximum Gasteiger partial charge on any atom is 0.437 e. The van der Waals surface area contributed by atoms with E-state index >= 15 is 0 Å². The van der Waals surface area contributed by atoms with Crippen LogP contribution in [0.2, 0.25) is 0 Å². The quantitative estimate of drug-likeness (QED) is 0.748. The number of aliphatic hydroxyl groups is 1. The topological polar surface area (TPSA) is 82.9 Å². The Labute approximate surface area is 167 Å². The van der Waals surface area contributed by atoms with Gasteiger partial charge in [-0.3, -0.25) is 4.79 Å². The minimum Gasteiger partial charge on any atom is -0.506 e. The number of hydrogen-bond acceptors (Lipinski definition) is 6. The van der Waals surface area contributed by atoms with Gasteiger partial charge in [0.25, 0.3) is 0 Å². The number of carbonyl (C=O) groups is 1. The van der Waals surface area contributed by atoms with Gasteiger partial charge in [-0.15, -0.1) is 0 Å². The van der Waals surface area contributed by atoms with E-state index in [1.54, 1.807) is 24.3 Å². The molecule has 0 atom stereocenters. The third-order valence-electron chi connectivity index (χ3n) is 3.81. The number of likely N-dealkylation sites (tertiary alicyclic amines) is 1. The van der Waals surface area contributed by atoms with Crippen LogP contribution in [0, 0.1) is 0 Å². The third-order valence-corrected chi connectivity index (χ3v) is 3.81. The molecule has 0 bridgehead atoms. The molecule has 2 aromatic rings. The molecule has 6 nitrogen and oxygen atoms in total. The number of aromatic nitrogens is 1. The first-order chi connectivity index (χ1) is 13.8. The molecule has 0 saturated carbocycles. The monoisotopic (exact) mass is 414 g/mol. The third kappa shape index (κ3) is 9.91. The standard InChI is InChI=1S/C9H10O3.C6H4F3NO.C5H11N/c10-5-6-12-9-3-1-8(7-11)2-4-9;7-6(8,9)5-4(11)2-1-3-10-5;1-6-4-2-3-5-6/h1-5,11H,6-7H2;1-3,11H;2-5H2,1H3. The fourth-order valence-corrected chi connectivity index (χ4v) is 2.31. The molecule has 0 radical (unpaired) electrons. The number of rotatable bonds is 4. The fourth-order valence-electron chi connectivity index (χ4n) is 2.31. The molecule has 1 fully saturated rings. The van der Waals surface area contributed by atoms with Crippen molar-refractivity contribution in [2.24, 2.45) is 0 Å². The lowest BCUT2D eigenvalue weighted by Crippen LogP contribution is -2.10. The molecule has 1 aliphatic heterocycles. The lowest BCUT2D eigenvalue weighted by atomic mass is 10.2. The van der Waals surface area contributed by atoms with Crippen molar-refractivity contribution in [3.05, 3.63) is 53.9 Å². The van der Waals surface area contributed by atoms with Crippen LogP contribution in [0.1, 0.15) is 24.1 Å². The molecule has 1 aromatic carbocycles. The van der Waals surface area contributed by atoms with Crippen molar-refractivity contribution >= 4 is 6.29 Å². The summed E-state index contributed by atoms with van der Waals surface area (Å²) in [5, 5.41) is 17.4. The van der Waals surface area contributed by atoms with E-state index in [9.17, 15) is 18.0 Å². The van der Waals surface area contributed by atoms with Crippen LogP contribution in [0.4, 0.5) is 13.2 Å². The minimum atomic E-state index is -4.58. The highest BCUT2D eigenvalue weighted by Crippen LogP contribution is 2.32. The molecular formula is C20H25F3N2O4. The SMILES string of the molecule is CN1CCCC1.O=CCOc1ccc(CO)cc1.Oc1cccnc1C(F)(F)F. The van der Waals surface area contributed by atoms with Gasteiger partial charge >= 0.3 is 6.18 Å². The number of carbonyl (C=O) groups excluding carboxylic acids is 1. The Morgan fingerprint density at radius 3 is 2.17 bits per heavy atom. The number of alkyl halides is 3. The highest BCUT2D eigenvalue weighted by atomic mass is 19.4. The second kappa shape index (κ2) is 12.7. The molecule has 0 unspecified atom stereocenters. The van der Waals surface area contributed by atoms with E-state index in [1.807, 2.05) is 0 Å². The van der Waals surface area contributed by atoms with E-state index in [0.717, 1.165) is 17.8 Å². The van der Waals surface area contributed by atoms with Gasteiger partial charge in [-0.05, 0) is 62.8 Å². The predicted molar refractivity (Wildman–Crippen MR) is 102 cm³/mol. The first-order valence-electron chi connectivity index (χ1n) is 8.94. The first kappa shape index (κ1) is 24.4. The molecular weight excluding hydrogens is 389 g/mol. The van der Waals surface area contributed by atoms with E-state index in [-0.39, 0.29) is 13.2 Å². The van der Waals surface area contributed by atoms with Crippen LogP contribution in [0.5, 0.6) is 11.5 Å². The second-order valence-corrected chi connectivity index (χ2v) is 6.16. The van der Waals surface area contributed by atoms with Crippen LogP contribution in [0.15, 0.2) is 42.6 Å². The zero-order valence-corrected chi connectivity index (χ0v) is 16.1. The maximum absolute atomic E-state index is 11.8. The summed E-state index contributed by atoms with van der Waals surface area (Å²) < 4.78 is 40.5. The number of aromatic hydroxyl groups is 1. The molecule has 1 saturated heterocycles. The van der Waals surface area contributed by atoms with Gasteiger partial charge in [0.15, 0.2) is 12.0 Å². The van der Waals surface area contributed by atoms with Crippen LogP contribution < -0.4 is 4.74 Å². The Morgan fingerprint density at radius 2 is 1.79 bits per heavy atom. The Kier molecular flexibility index (Phi) is 10.7. The molecule has 3 rings (SSSR count). The van der Waals surface area contributed by atoms with Gasteiger partial charge < -0.3 is 19.8 Å². The van der Waals surface area contributed by atoms with Gasteiger partial charge in [0.1, 0.15) is 18.1 Å². The Morgan fingerprint density at radius 1 is 1.17 bits per heavy atom. The van der Waals surface area contributed by atoms with Crippen LogP contribution in [0.3, 0.4) is 0 Å². The summed E-state index contributed by atoms with van der Waals surface area (Å²) in [5.41, 5.74) is -0.423. The summed E-state index contributed by atoms with van der Waals surface area (Å²) in [6, 6.07) is 9.10. The number of aliphatic hydroxyl groups excluding tert-OH is 1. The Balaban J connectivity index is 0.000000229. The van der Waals surface area contributed by atoms with Crippen LogP contribution in [-0.2, 0) is 17.6 Å². The summed E-state index contributed by atoms with van der Waals surface area (Å²) in [5.74, 6) is -0.209. The largest absolute Gasteiger partial charge is 0.506 e. The van der Waals surface area contributed by atoms with E-state index < -0.39 is 17.6 Å². The Bertz CT molecular complexity index is 718. The highest BCUT2D eigenvalue weighted by molar-refractivity contribution is 5.51. The predicted octanol–water partition coefficient (Wildman–Crippen LogP) is 3.27. The summed E-state index contributed by atoms with van der Waals surface area (Å²) in [4.78, 5) is 15.3. The lowest BCUT2D eigenvalue weighted by molar-refractivity contribution is -0.142. The second-order valence-electron chi connectivity index (χ2n) is 6.16. The van der Waals surface area contributed by atoms with Crippen LogP contribution in [-0.4, -0.2) is 53.1 Å². The van der Waals surface area contributed by atoms with Crippen molar-refractivity contribution in [1.29, 1.82) is 0 Å². The van der Waals surface area contributed by atoms with Crippen molar-refractivity contribution < 1.29 is 32.9 Å². The van der Waals surface area contributed by atoms with E-state index in [4.69, 9.17) is 14.9 Å². The van der Waals surface area contributed by atoms with Crippen molar-refractivity contribution in [3.63, 3.8) is 0 Å². The van der Waals surface area contributed by atoms with Crippen LogP contribution in [0.25, 0.3) is 0 Å². The Hall–Kier alpha value is -2.65. The number of nitrogens with zero attached hydrogens (tertiary/aromatic N) is 2. The number of ether oxygens (including phenoxy) is 1. The van der Waals surface area contributed by atoms with E-state index in [1.165, 1.54) is 32.0 Å². The van der Waals surface area contributed by atoms with Crippen molar-refractivity contribution in [2.45, 2.75) is 25.6 Å². The molecule has 0 spiro atoms. The normalized spacial score (nSPS) is 13.6. The zero-order valence-electron chi connectivity index (χ0n) is 16.1. The summed E-state index contributed by atoms with van der Waals surface area (Å²) in [7, 11) is 2.17. The number of hydrogen-bond donors (Lipinski definition) is 2. The number of halogens is 3. The number of aldehydes is 1. The summed E-state index contributed by atoms with van der Waals surface area (Å²) in [6.07, 6.45) is -0.0825. The van der Waals surface area contributed by atoms with Crippen LogP contribution >= 0.6 is 0 Å². The van der Waals surface area contributed by atoms with Gasteiger partial charge in [0.05, 0.1) is 6.61 Å². The minimum absolute atomic E-state index is 0.0218. The van der Waals surface area contributed by atoms with Crippen molar-refractivity contribution in [2.75, 3.05) is 26.7 Å². The molecule has 29 heavy (non-hydrogen) atoms. The lowest BCUT2D eigenvalue weighted by Gasteiger charge is -2.05. The molecule has 2 N–H and O–H groups in total. The fraction of sp³-hybridized carbons (Fsp3) is 0.400.